The normalized spacial score (nSPS) is 11.9. The highest BCUT2D eigenvalue weighted by molar-refractivity contribution is 9.09. The Balaban J connectivity index is 2.95. The maximum Gasteiger partial charge on any atom is 0.271 e. The van der Waals surface area contributed by atoms with Gasteiger partial charge in [-0.05, 0) is 12.5 Å². The molecule has 0 heterocycles. The number of nitrogens with one attached hydrogen (secondary N) is 1. The summed E-state index contributed by atoms with van der Waals surface area (Å²) in [6.45, 7) is 1.94. The number of carbonyl (C=O) groups excluding carboxylic acids is 1. The summed E-state index contributed by atoms with van der Waals surface area (Å²) in [7, 11) is 0. The highest BCUT2D eigenvalue weighted by Gasteiger charge is 2.16. The van der Waals surface area contributed by atoms with Crippen molar-refractivity contribution in [1.82, 2.24) is 5.32 Å². The smallest absolute Gasteiger partial charge is 0.271 e. The van der Waals surface area contributed by atoms with E-state index in [1.54, 1.807) is 0 Å². The van der Waals surface area contributed by atoms with E-state index in [1.165, 1.54) is 18.2 Å². The molecule has 0 spiro atoms. The zero-order chi connectivity index (χ0) is 13.7. The fourth-order valence-electron chi connectivity index (χ4n) is 1.33. The van der Waals surface area contributed by atoms with Gasteiger partial charge in [0.05, 0.1) is 4.92 Å². The molecule has 1 unspecified atom stereocenters. The third-order valence-electron chi connectivity index (χ3n) is 2.37. The zero-order valence-electron chi connectivity index (χ0n) is 9.65. The minimum absolute atomic E-state index is 0.0180. The first-order chi connectivity index (χ1) is 8.47. The van der Waals surface area contributed by atoms with E-state index >= 15 is 0 Å². The molecule has 0 radical (unpaired) electrons. The van der Waals surface area contributed by atoms with Gasteiger partial charge in [-0.15, -0.1) is 0 Å². The number of non-ortho nitro benzene ring substituents is 1. The maximum atomic E-state index is 11.9. The van der Waals surface area contributed by atoms with Crippen LogP contribution in [0.25, 0.3) is 0 Å². The molecular formula is C11H12BrClN2O3. The van der Waals surface area contributed by atoms with E-state index in [2.05, 4.69) is 21.2 Å². The van der Waals surface area contributed by atoms with Crippen LogP contribution in [0.5, 0.6) is 0 Å². The average molecular weight is 336 g/mol. The number of nitrogens with zero attached hydrogens (tertiary/aromatic N) is 1. The lowest BCUT2D eigenvalue weighted by Crippen LogP contribution is -2.35. The topological polar surface area (TPSA) is 72.2 Å². The number of hydrogen-bond donors (Lipinski definition) is 1. The van der Waals surface area contributed by atoms with Crippen molar-refractivity contribution in [1.29, 1.82) is 0 Å². The number of nitro groups is 1. The predicted octanol–water partition coefficient (Wildman–Crippen LogP) is 3.15. The molecule has 1 atom stereocenters. The Morgan fingerprint density at radius 3 is 2.72 bits per heavy atom. The van der Waals surface area contributed by atoms with Crippen molar-refractivity contribution in [2.75, 3.05) is 5.33 Å². The minimum Gasteiger partial charge on any atom is -0.348 e. The van der Waals surface area contributed by atoms with Gasteiger partial charge in [-0.3, -0.25) is 14.9 Å². The molecule has 18 heavy (non-hydrogen) atoms. The molecule has 1 N–H and O–H groups in total. The molecule has 1 aromatic carbocycles. The van der Waals surface area contributed by atoms with E-state index in [-0.39, 0.29) is 28.2 Å². The molecule has 0 aliphatic rings. The lowest BCUT2D eigenvalue weighted by Gasteiger charge is -2.13. The molecular weight excluding hydrogens is 323 g/mol. The van der Waals surface area contributed by atoms with Crippen LogP contribution in [-0.4, -0.2) is 22.2 Å². The van der Waals surface area contributed by atoms with E-state index in [0.717, 1.165) is 6.42 Å². The number of nitro benzene ring substituents is 1. The van der Waals surface area contributed by atoms with Crippen molar-refractivity contribution in [3.63, 3.8) is 0 Å². The minimum atomic E-state index is -0.579. The summed E-state index contributed by atoms with van der Waals surface area (Å²) in [4.78, 5) is 22.0. The monoisotopic (exact) mass is 334 g/mol. The second kappa shape index (κ2) is 6.70. The highest BCUT2D eigenvalue weighted by Crippen LogP contribution is 2.21. The van der Waals surface area contributed by atoms with Crippen molar-refractivity contribution < 1.29 is 9.72 Å². The van der Waals surface area contributed by atoms with Gasteiger partial charge in [-0.25, -0.2) is 0 Å². The Morgan fingerprint density at radius 1 is 1.56 bits per heavy atom. The van der Waals surface area contributed by atoms with E-state index in [1.807, 2.05) is 6.92 Å². The van der Waals surface area contributed by atoms with Gasteiger partial charge in [0.25, 0.3) is 11.6 Å². The Labute approximate surface area is 118 Å². The molecule has 1 amide bonds. The lowest BCUT2D eigenvalue weighted by atomic mass is 10.1. The molecule has 7 heteroatoms. The first-order valence-electron chi connectivity index (χ1n) is 5.29. The highest BCUT2D eigenvalue weighted by atomic mass is 79.9. The van der Waals surface area contributed by atoms with Crippen LogP contribution in [-0.2, 0) is 0 Å². The first kappa shape index (κ1) is 14.9. The molecule has 0 bridgehead atoms. The quantitative estimate of drug-likeness (QED) is 0.510. The van der Waals surface area contributed by atoms with Crippen LogP contribution in [0.3, 0.4) is 0 Å². The second-order valence-electron chi connectivity index (χ2n) is 3.69. The van der Waals surface area contributed by atoms with Crippen molar-refractivity contribution in [2.24, 2.45) is 0 Å². The summed E-state index contributed by atoms with van der Waals surface area (Å²) < 4.78 is 0. The van der Waals surface area contributed by atoms with E-state index < -0.39 is 4.92 Å². The molecule has 0 saturated heterocycles. The number of hydrogen-bond acceptors (Lipinski definition) is 3. The van der Waals surface area contributed by atoms with E-state index in [0.29, 0.717) is 5.33 Å². The Morgan fingerprint density at radius 2 is 2.22 bits per heavy atom. The maximum absolute atomic E-state index is 11.9. The first-order valence-corrected chi connectivity index (χ1v) is 6.79. The van der Waals surface area contributed by atoms with Gasteiger partial charge in [-0.2, -0.15) is 0 Å². The van der Waals surface area contributed by atoms with E-state index in [9.17, 15) is 14.9 Å². The van der Waals surface area contributed by atoms with Crippen LogP contribution < -0.4 is 5.32 Å². The van der Waals surface area contributed by atoms with Crippen LogP contribution in [0.1, 0.15) is 23.7 Å². The average Bonchev–Trinajstić information content (AvgIpc) is 2.34. The molecule has 0 saturated carbocycles. The number of rotatable bonds is 5. The second-order valence-corrected chi connectivity index (χ2v) is 4.77. The zero-order valence-corrected chi connectivity index (χ0v) is 12.0. The summed E-state index contributed by atoms with van der Waals surface area (Å²) in [6.07, 6.45) is 0.764. The summed E-state index contributed by atoms with van der Waals surface area (Å²) in [5.74, 6) is -0.369. The summed E-state index contributed by atoms with van der Waals surface area (Å²) in [6, 6.07) is 3.81. The Bertz CT molecular complexity index is 464. The molecule has 5 nitrogen and oxygen atoms in total. The summed E-state index contributed by atoms with van der Waals surface area (Å²) >= 11 is 9.03. The van der Waals surface area contributed by atoms with Crippen LogP contribution in [0.2, 0.25) is 5.02 Å². The fourth-order valence-corrected chi connectivity index (χ4v) is 2.18. The van der Waals surface area contributed by atoms with Crippen LogP contribution in [0, 0.1) is 10.1 Å². The third-order valence-corrected chi connectivity index (χ3v) is 3.37. The summed E-state index contributed by atoms with van der Waals surface area (Å²) in [5, 5.41) is 14.2. The number of benzene rings is 1. The third kappa shape index (κ3) is 3.96. The fraction of sp³-hybridized carbons (Fsp3) is 0.364. The van der Waals surface area contributed by atoms with Gasteiger partial charge in [-0.1, -0.05) is 34.5 Å². The Kier molecular flexibility index (Phi) is 5.55. The molecule has 1 aromatic rings. The van der Waals surface area contributed by atoms with Crippen molar-refractivity contribution in [2.45, 2.75) is 19.4 Å². The number of alkyl halides is 1. The SMILES string of the molecule is CCC(CBr)NC(=O)c1cc(Cl)cc([N+](=O)[O-])c1. The van der Waals surface area contributed by atoms with Crippen molar-refractivity contribution in [3.05, 3.63) is 38.9 Å². The van der Waals surface area contributed by atoms with Gasteiger partial charge in [0, 0.05) is 34.1 Å². The van der Waals surface area contributed by atoms with E-state index in [4.69, 9.17) is 11.6 Å². The summed E-state index contributed by atoms with van der Waals surface area (Å²) in [5.41, 5.74) is -0.00635. The van der Waals surface area contributed by atoms with Crippen molar-refractivity contribution in [3.8, 4) is 0 Å². The molecule has 0 aliphatic carbocycles. The molecule has 0 fully saturated rings. The molecule has 0 aliphatic heterocycles. The van der Waals surface area contributed by atoms with Crippen molar-refractivity contribution >= 4 is 39.1 Å². The standard InChI is InChI=1S/C11H12BrClN2O3/c1-2-9(6-12)14-11(16)7-3-8(13)5-10(4-7)15(17)18/h3-5,9H,2,6H2,1H3,(H,14,16). The predicted molar refractivity (Wildman–Crippen MR) is 73.4 cm³/mol. The number of amides is 1. The van der Waals surface area contributed by atoms with Gasteiger partial charge < -0.3 is 5.32 Å². The van der Waals surface area contributed by atoms with Crippen LogP contribution in [0.4, 0.5) is 5.69 Å². The molecule has 1 rings (SSSR count). The molecule has 0 aromatic heterocycles. The van der Waals surface area contributed by atoms with Crippen LogP contribution in [0.15, 0.2) is 18.2 Å². The van der Waals surface area contributed by atoms with Gasteiger partial charge >= 0.3 is 0 Å². The number of halogens is 2. The van der Waals surface area contributed by atoms with Crippen LogP contribution >= 0.6 is 27.5 Å². The van der Waals surface area contributed by atoms with Gasteiger partial charge in [0.1, 0.15) is 0 Å². The van der Waals surface area contributed by atoms with Gasteiger partial charge in [0.2, 0.25) is 0 Å². The lowest BCUT2D eigenvalue weighted by molar-refractivity contribution is -0.384. The largest absolute Gasteiger partial charge is 0.348 e. The molecule has 98 valence electrons. The number of carbonyl (C=O) groups is 1. The Hall–Kier alpha value is -1.14. The van der Waals surface area contributed by atoms with Gasteiger partial charge in [0.15, 0.2) is 0 Å².